The van der Waals surface area contributed by atoms with E-state index in [1.807, 2.05) is 0 Å². The van der Waals surface area contributed by atoms with E-state index in [-0.39, 0.29) is 5.56 Å². The number of halogens is 2. The molecule has 0 radical (unpaired) electrons. The molecule has 0 heterocycles. The summed E-state index contributed by atoms with van der Waals surface area (Å²) < 4.78 is 25.9. The van der Waals surface area contributed by atoms with Crippen molar-refractivity contribution in [2.75, 3.05) is 0 Å². The van der Waals surface area contributed by atoms with Crippen molar-refractivity contribution in [2.24, 2.45) is 5.73 Å². The highest BCUT2D eigenvalue weighted by atomic mass is 19.1. The van der Waals surface area contributed by atoms with Crippen LogP contribution < -0.4 is 5.73 Å². The Morgan fingerprint density at radius 1 is 1.33 bits per heavy atom. The van der Waals surface area contributed by atoms with Crippen molar-refractivity contribution in [1.82, 2.24) is 0 Å². The fraction of sp³-hybridized carbons (Fsp3) is 0.333. The van der Waals surface area contributed by atoms with Crippen LogP contribution in [0, 0.1) is 11.6 Å². The van der Waals surface area contributed by atoms with Crippen LogP contribution in [0.3, 0.4) is 0 Å². The monoisotopic (exact) mass is 171 g/mol. The summed E-state index contributed by atoms with van der Waals surface area (Å²) in [6.07, 6.45) is 0.526. The van der Waals surface area contributed by atoms with Crippen LogP contribution in [0.25, 0.3) is 0 Å². The Balaban J connectivity index is 3.12. The lowest BCUT2D eigenvalue weighted by Crippen LogP contribution is -2.12. The zero-order chi connectivity index (χ0) is 9.14. The van der Waals surface area contributed by atoms with Gasteiger partial charge in [0.1, 0.15) is 11.6 Å². The summed E-state index contributed by atoms with van der Waals surface area (Å²) in [5.41, 5.74) is 5.50. The first-order valence-electron chi connectivity index (χ1n) is 3.86. The summed E-state index contributed by atoms with van der Waals surface area (Å²) in [4.78, 5) is 0. The van der Waals surface area contributed by atoms with Crippen LogP contribution in [0.4, 0.5) is 8.78 Å². The molecule has 66 valence electrons. The third-order valence-electron chi connectivity index (χ3n) is 1.81. The van der Waals surface area contributed by atoms with Gasteiger partial charge in [0.05, 0.1) is 0 Å². The summed E-state index contributed by atoms with van der Waals surface area (Å²) in [6.45, 7) is 1.79. The molecule has 12 heavy (non-hydrogen) atoms. The molecule has 1 aromatic carbocycles. The first kappa shape index (κ1) is 9.13. The van der Waals surface area contributed by atoms with Crippen molar-refractivity contribution in [2.45, 2.75) is 19.4 Å². The summed E-state index contributed by atoms with van der Waals surface area (Å²) >= 11 is 0. The Morgan fingerprint density at radius 3 is 2.25 bits per heavy atom. The number of benzene rings is 1. The Labute approximate surface area is 70.2 Å². The summed E-state index contributed by atoms with van der Waals surface area (Å²) in [5, 5.41) is 0. The smallest absolute Gasteiger partial charge is 0.130 e. The molecule has 0 fully saturated rings. The molecule has 0 spiro atoms. The molecule has 0 bridgehead atoms. The van der Waals surface area contributed by atoms with Gasteiger partial charge >= 0.3 is 0 Å². The fourth-order valence-corrected chi connectivity index (χ4v) is 1.07. The highest BCUT2D eigenvalue weighted by molar-refractivity contribution is 5.22. The van der Waals surface area contributed by atoms with E-state index in [9.17, 15) is 8.78 Å². The quantitative estimate of drug-likeness (QED) is 0.726. The largest absolute Gasteiger partial charge is 0.324 e. The van der Waals surface area contributed by atoms with Crippen LogP contribution >= 0.6 is 0 Å². The lowest BCUT2D eigenvalue weighted by atomic mass is 10.0. The van der Waals surface area contributed by atoms with E-state index in [0.717, 1.165) is 0 Å². The lowest BCUT2D eigenvalue weighted by molar-refractivity contribution is 0.520. The van der Waals surface area contributed by atoms with Crippen LogP contribution in [0.1, 0.15) is 24.9 Å². The van der Waals surface area contributed by atoms with E-state index in [0.29, 0.717) is 6.42 Å². The third kappa shape index (κ3) is 1.61. The zero-order valence-electron chi connectivity index (χ0n) is 6.85. The summed E-state index contributed by atoms with van der Waals surface area (Å²) in [7, 11) is 0. The second-order valence-electron chi connectivity index (χ2n) is 2.65. The second-order valence-corrected chi connectivity index (χ2v) is 2.65. The lowest BCUT2D eigenvalue weighted by Gasteiger charge is -2.10. The van der Waals surface area contributed by atoms with Gasteiger partial charge in [0, 0.05) is 11.6 Å². The minimum absolute atomic E-state index is 0.0139. The van der Waals surface area contributed by atoms with Crippen molar-refractivity contribution in [3.05, 3.63) is 35.4 Å². The van der Waals surface area contributed by atoms with Crippen molar-refractivity contribution < 1.29 is 8.78 Å². The van der Waals surface area contributed by atoms with Gasteiger partial charge in [0.2, 0.25) is 0 Å². The van der Waals surface area contributed by atoms with Gasteiger partial charge in [-0.3, -0.25) is 0 Å². The van der Waals surface area contributed by atoms with Crippen molar-refractivity contribution in [3.63, 3.8) is 0 Å². The van der Waals surface area contributed by atoms with Gasteiger partial charge in [-0.2, -0.15) is 0 Å². The Hall–Kier alpha value is -0.960. The molecule has 1 atom stereocenters. The molecular weight excluding hydrogens is 160 g/mol. The Kier molecular flexibility index (Phi) is 2.76. The van der Waals surface area contributed by atoms with Gasteiger partial charge < -0.3 is 5.73 Å². The van der Waals surface area contributed by atoms with E-state index in [4.69, 9.17) is 5.73 Å². The second kappa shape index (κ2) is 3.63. The molecular formula is C9H11F2N. The molecule has 0 saturated heterocycles. The highest BCUT2D eigenvalue weighted by Crippen LogP contribution is 2.20. The van der Waals surface area contributed by atoms with Crippen molar-refractivity contribution in [1.29, 1.82) is 0 Å². The molecule has 1 rings (SSSR count). The Morgan fingerprint density at radius 2 is 1.83 bits per heavy atom. The van der Waals surface area contributed by atoms with Gasteiger partial charge in [0.15, 0.2) is 0 Å². The average molecular weight is 171 g/mol. The molecule has 0 aliphatic heterocycles. The number of rotatable bonds is 2. The van der Waals surface area contributed by atoms with Crippen LogP contribution in [0.15, 0.2) is 18.2 Å². The fourth-order valence-electron chi connectivity index (χ4n) is 1.07. The van der Waals surface area contributed by atoms with E-state index in [2.05, 4.69) is 0 Å². The van der Waals surface area contributed by atoms with Crippen molar-refractivity contribution >= 4 is 0 Å². The number of hydrogen-bond acceptors (Lipinski definition) is 1. The SMILES string of the molecule is CCC(N)c1c(F)cccc1F. The maximum Gasteiger partial charge on any atom is 0.130 e. The van der Waals surface area contributed by atoms with Gasteiger partial charge in [-0.05, 0) is 18.6 Å². The first-order chi connectivity index (χ1) is 5.66. The molecule has 1 unspecified atom stereocenters. The van der Waals surface area contributed by atoms with Gasteiger partial charge in [-0.15, -0.1) is 0 Å². The van der Waals surface area contributed by atoms with E-state index in [1.165, 1.54) is 18.2 Å². The molecule has 1 nitrogen and oxygen atoms in total. The molecule has 2 N–H and O–H groups in total. The van der Waals surface area contributed by atoms with Gasteiger partial charge in [-0.25, -0.2) is 8.78 Å². The van der Waals surface area contributed by atoms with Gasteiger partial charge in [0.25, 0.3) is 0 Å². The van der Waals surface area contributed by atoms with Crippen LogP contribution in [0.5, 0.6) is 0 Å². The number of hydrogen-bond donors (Lipinski definition) is 1. The third-order valence-corrected chi connectivity index (χ3v) is 1.81. The first-order valence-corrected chi connectivity index (χ1v) is 3.86. The van der Waals surface area contributed by atoms with Crippen molar-refractivity contribution in [3.8, 4) is 0 Å². The van der Waals surface area contributed by atoms with E-state index < -0.39 is 17.7 Å². The summed E-state index contributed by atoms with van der Waals surface area (Å²) in [5.74, 6) is -1.13. The maximum atomic E-state index is 13.0. The molecule has 1 aromatic rings. The van der Waals surface area contributed by atoms with E-state index in [1.54, 1.807) is 6.92 Å². The predicted octanol–water partition coefficient (Wildman–Crippen LogP) is 2.37. The predicted molar refractivity (Wildman–Crippen MR) is 43.6 cm³/mol. The minimum atomic E-state index is -0.565. The van der Waals surface area contributed by atoms with Crippen LogP contribution in [0.2, 0.25) is 0 Å². The summed E-state index contributed by atoms with van der Waals surface area (Å²) in [6, 6.07) is 3.21. The molecule has 0 amide bonds. The molecule has 0 aromatic heterocycles. The standard InChI is InChI=1S/C9H11F2N/c1-2-8(12)9-6(10)4-3-5-7(9)11/h3-5,8H,2,12H2,1H3. The topological polar surface area (TPSA) is 26.0 Å². The van der Waals surface area contributed by atoms with Crippen LogP contribution in [-0.2, 0) is 0 Å². The zero-order valence-corrected chi connectivity index (χ0v) is 6.85. The molecule has 3 heteroatoms. The molecule has 0 aliphatic rings. The van der Waals surface area contributed by atoms with Gasteiger partial charge in [-0.1, -0.05) is 13.0 Å². The van der Waals surface area contributed by atoms with E-state index >= 15 is 0 Å². The van der Waals surface area contributed by atoms with Crippen LogP contribution in [-0.4, -0.2) is 0 Å². The maximum absolute atomic E-state index is 13.0. The normalized spacial score (nSPS) is 13.0. The molecule has 0 saturated carbocycles. The Bertz CT molecular complexity index is 253. The minimum Gasteiger partial charge on any atom is -0.324 e. The highest BCUT2D eigenvalue weighted by Gasteiger charge is 2.13. The average Bonchev–Trinajstić information content (AvgIpc) is 2.03. The molecule has 0 aliphatic carbocycles. The number of nitrogens with two attached hydrogens (primary N) is 1.